The Labute approximate surface area is 115 Å². The third-order valence-electron chi connectivity index (χ3n) is 4.00. The Morgan fingerprint density at radius 1 is 1.37 bits per heavy atom. The van der Waals surface area contributed by atoms with Gasteiger partial charge in [0.15, 0.2) is 0 Å². The lowest BCUT2D eigenvalue weighted by molar-refractivity contribution is -0.124. The van der Waals surface area contributed by atoms with Crippen LogP contribution in [0.3, 0.4) is 0 Å². The second-order valence-corrected chi connectivity index (χ2v) is 5.65. The molecule has 3 N–H and O–H groups in total. The number of nitrogens with two attached hydrogens (primary N) is 1. The monoisotopic (exact) mass is 260 g/mol. The molecule has 1 aromatic rings. The Morgan fingerprint density at radius 3 is 2.58 bits per heavy atom. The van der Waals surface area contributed by atoms with Crippen LogP contribution in [-0.4, -0.2) is 19.0 Å². The van der Waals surface area contributed by atoms with Crippen molar-refractivity contribution in [1.29, 1.82) is 0 Å². The van der Waals surface area contributed by atoms with E-state index in [0.29, 0.717) is 5.92 Å². The number of hydrogen-bond acceptors (Lipinski definition) is 2. The summed E-state index contributed by atoms with van der Waals surface area (Å²) in [5.41, 5.74) is 8.24. The lowest BCUT2D eigenvalue weighted by atomic mass is 10.0. The number of hydrogen-bond donors (Lipinski definition) is 2. The van der Waals surface area contributed by atoms with Gasteiger partial charge in [0, 0.05) is 12.5 Å². The molecule has 0 radical (unpaired) electrons. The van der Waals surface area contributed by atoms with Crippen LogP contribution in [0.1, 0.15) is 30.9 Å². The minimum atomic E-state index is 0.129. The number of amides is 1. The second kappa shape index (κ2) is 6.71. The Kier molecular flexibility index (Phi) is 4.97. The van der Waals surface area contributed by atoms with Gasteiger partial charge in [-0.15, -0.1) is 0 Å². The Bertz CT molecular complexity index is 406. The maximum absolute atomic E-state index is 12.1. The summed E-state index contributed by atoms with van der Waals surface area (Å²) in [7, 11) is 0. The Hall–Kier alpha value is -1.35. The van der Waals surface area contributed by atoms with E-state index in [0.717, 1.165) is 38.8 Å². The maximum Gasteiger partial charge on any atom is 0.223 e. The van der Waals surface area contributed by atoms with E-state index in [4.69, 9.17) is 5.73 Å². The highest BCUT2D eigenvalue weighted by Gasteiger charge is 2.26. The van der Waals surface area contributed by atoms with Crippen LogP contribution in [0.2, 0.25) is 0 Å². The summed E-state index contributed by atoms with van der Waals surface area (Å²) in [6.07, 6.45) is 3.88. The van der Waals surface area contributed by atoms with Crippen LogP contribution in [0.15, 0.2) is 24.3 Å². The molecule has 1 amide bonds. The molecule has 3 nitrogen and oxygen atoms in total. The van der Waals surface area contributed by atoms with Gasteiger partial charge >= 0.3 is 0 Å². The molecule has 19 heavy (non-hydrogen) atoms. The lowest BCUT2D eigenvalue weighted by Crippen LogP contribution is -2.32. The molecule has 0 fully saturated rings. The molecular formula is C16H24N2O. The molecule has 0 saturated heterocycles. The normalized spacial score (nSPS) is 16.1. The van der Waals surface area contributed by atoms with Crippen LogP contribution in [0.25, 0.3) is 0 Å². The average Bonchev–Trinajstić information content (AvgIpc) is 2.87. The lowest BCUT2D eigenvalue weighted by Gasteiger charge is -2.12. The fourth-order valence-electron chi connectivity index (χ4n) is 2.67. The number of nitrogens with one attached hydrogen (secondary N) is 1. The van der Waals surface area contributed by atoms with Gasteiger partial charge in [0.25, 0.3) is 0 Å². The van der Waals surface area contributed by atoms with Gasteiger partial charge in [-0.1, -0.05) is 31.2 Å². The number of carbonyl (C=O) groups is 1. The summed E-state index contributed by atoms with van der Waals surface area (Å²) in [5, 5.41) is 3.06. The molecule has 1 aromatic carbocycles. The molecule has 3 heteroatoms. The van der Waals surface area contributed by atoms with E-state index in [1.54, 1.807) is 0 Å². The summed E-state index contributed by atoms with van der Waals surface area (Å²) in [6, 6.07) is 8.36. The highest BCUT2D eigenvalue weighted by Crippen LogP contribution is 2.26. The molecule has 0 spiro atoms. The van der Waals surface area contributed by atoms with Gasteiger partial charge < -0.3 is 11.1 Å². The summed E-state index contributed by atoms with van der Waals surface area (Å²) in [4.78, 5) is 12.1. The molecule has 1 aliphatic carbocycles. The van der Waals surface area contributed by atoms with Crippen LogP contribution in [0.4, 0.5) is 0 Å². The second-order valence-electron chi connectivity index (χ2n) is 5.65. The Morgan fingerprint density at radius 2 is 2.00 bits per heavy atom. The molecule has 0 aromatic heterocycles. The molecule has 1 atom stereocenters. The largest absolute Gasteiger partial charge is 0.356 e. The zero-order chi connectivity index (χ0) is 13.7. The van der Waals surface area contributed by atoms with Crippen molar-refractivity contribution < 1.29 is 4.79 Å². The van der Waals surface area contributed by atoms with Crippen molar-refractivity contribution in [2.45, 2.75) is 32.6 Å². The van der Waals surface area contributed by atoms with Crippen molar-refractivity contribution in [1.82, 2.24) is 5.32 Å². The molecule has 2 rings (SSSR count). The molecule has 0 bridgehead atoms. The summed E-state index contributed by atoms with van der Waals surface area (Å²) >= 11 is 0. The predicted octanol–water partition coefficient (Wildman–Crippen LogP) is 1.89. The van der Waals surface area contributed by atoms with Crippen molar-refractivity contribution in [2.75, 3.05) is 13.1 Å². The third kappa shape index (κ3) is 3.80. The zero-order valence-corrected chi connectivity index (χ0v) is 11.7. The molecule has 1 unspecified atom stereocenters. The fraction of sp³-hybridized carbons (Fsp3) is 0.562. The average molecular weight is 260 g/mol. The first-order valence-corrected chi connectivity index (χ1v) is 7.25. The molecule has 0 heterocycles. The number of carbonyl (C=O) groups excluding carboxylic acids is 1. The van der Waals surface area contributed by atoms with Crippen LogP contribution in [0, 0.1) is 11.8 Å². The van der Waals surface area contributed by atoms with Crippen LogP contribution >= 0.6 is 0 Å². The quantitative estimate of drug-likeness (QED) is 0.767. The van der Waals surface area contributed by atoms with Gasteiger partial charge in [-0.2, -0.15) is 0 Å². The van der Waals surface area contributed by atoms with Gasteiger partial charge in [0.2, 0.25) is 5.91 Å². The van der Waals surface area contributed by atoms with E-state index in [1.807, 2.05) is 12.1 Å². The van der Waals surface area contributed by atoms with Gasteiger partial charge in [-0.3, -0.25) is 4.79 Å². The van der Waals surface area contributed by atoms with Gasteiger partial charge in [-0.05, 0) is 49.3 Å². The summed E-state index contributed by atoms with van der Waals surface area (Å²) in [5.74, 6) is 0.883. The number of fused-ring (bicyclic) bond motifs is 1. The maximum atomic E-state index is 12.1. The molecule has 1 aliphatic rings. The smallest absolute Gasteiger partial charge is 0.223 e. The minimum Gasteiger partial charge on any atom is -0.356 e. The molecular weight excluding hydrogens is 236 g/mol. The summed E-state index contributed by atoms with van der Waals surface area (Å²) in [6.45, 7) is 3.65. The predicted molar refractivity (Wildman–Crippen MR) is 77.8 cm³/mol. The standard InChI is InChI=1S/C16H24N2O/c1-12(11-17)5-4-8-18-16(19)15-9-13-6-2-3-7-14(13)10-15/h2-3,6-7,12,15H,4-5,8-11,17H2,1H3,(H,18,19). The first kappa shape index (κ1) is 14.1. The van der Waals surface area contributed by atoms with Crippen molar-refractivity contribution in [3.05, 3.63) is 35.4 Å². The van der Waals surface area contributed by atoms with Crippen LogP contribution in [-0.2, 0) is 17.6 Å². The van der Waals surface area contributed by atoms with Crippen LogP contribution in [0.5, 0.6) is 0 Å². The van der Waals surface area contributed by atoms with E-state index in [2.05, 4.69) is 24.4 Å². The molecule has 0 saturated carbocycles. The van der Waals surface area contributed by atoms with E-state index in [-0.39, 0.29) is 11.8 Å². The van der Waals surface area contributed by atoms with E-state index < -0.39 is 0 Å². The van der Waals surface area contributed by atoms with Gasteiger partial charge in [0.1, 0.15) is 0 Å². The first-order chi connectivity index (χ1) is 9.20. The first-order valence-electron chi connectivity index (χ1n) is 7.25. The third-order valence-corrected chi connectivity index (χ3v) is 4.00. The van der Waals surface area contributed by atoms with E-state index in [1.165, 1.54) is 11.1 Å². The highest BCUT2D eigenvalue weighted by atomic mass is 16.1. The molecule has 0 aliphatic heterocycles. The van der Waals surface area contributed by atoms with Crippen molar-refractivity contribution in [3.8, 4) is 0 Å². The zero-order valence-electron chi connectivity index (χ0n) is 11.7. The number of benzene rings is 1. The van der Waals surface area contributed by atoms with Gasteiger partial charge in [-0.25, -0.2) is 0 Å². The molecule has 104 valence electrons. The minimum absolute atomic E-state index is 0.129. The van der Waals surface area contributed by atoms with Crippen LogP contribution < -0.4 is 11.1 Å². The SMILES string of the molecule is CC(CN)CCCNC(=O)C1Cc2ccccc2C1. The topological polar surface area (TPSA) is 55.1 Å². The highest BCUT2D eigenvalue weighted by molar-refractivity contribution is 5.80. The van der Waals surface area contributed by atoms with E-state index >= 15 is 0 Å². The van der Waals surface area contributed by atoms with E-state index in [9.17, 15) is 4.79 Å². The summed E-state index contributed by atoms with van der Waals surface area (Å²) < 4.78 is 0. The van der Waals surface area contributed by atoms with Crippen molar-refractivity contribution in [3.63, 3.8) is 0 Å². The van der Waals surface area contributed by atoms with Gasteiger partial charge in [0.05, 0.1) is 0 Å². The fourth-order valence-corrected chi connectivity index (χ4v) is 2.67. The van der Waals surface area contributed by atoms with Crippen molar-refractivity contribution in [2.24, 2.45) is 17.6 Å². The Balaban J connectivity index is 1.71. The van der Waals surface area contributed by atoms with Crippen molar-refractivity contribution >= 4 is 5.91 Å². The number of rotatable bonds is 6.